The molecular weight excluding hydrogens is 122 g/mol. The standard InChI is InChI=1S/CH2NO.BrH/c2-1-3;/h(H2,2,3);1H. The first-order valence-electron chi connectivity index (χ1n) is 0.493. The molecule has 0 saturated carbocycles. The quantitative estimate of drug-likeness (QED) is 0.439. The summed E-state index contributed by atoms with van der Waals surface area (Å²) in [6.07, 6.45) is 1.00. The molecule has 0 rings (SSSR count). The number of primary amides is 1. The van der Waals surface area contributed by atoms with E-state index in [9.17, 15) is 0 Å². The molecule has 0 spiro atoms. The summed E-state index contributed by atoms with van der Waals surface area (Å²) in [7, 11) is 0. The number of hydrogen-bond donors (Lipinski definition) is 1. The van der Waals surface area contributed by atoms with Gasteiger partial charge in [0.1, 0.15) is 0 Å². The van der Waals surface area contributed by atoms with Crippen molar-refractivity contribution in [3.8, 4) is 0 Å². The van der Waals surface area contributed by atoms with Gasteiger partial charge in [-0.05, 0) is 0 Å². The van der Waals surface area contributed by atoms with E-state index in [1.165, 1.54) is 0 Å². The molecule has 0 aliphatic heterocycles. The van der Waals surface area contributed by atoms with Crippen molar-refractivity contribution in [3.05, 3.63) is 0 Å². The smallest absolute Gasteiger partial charge is 0.306 e. The molecule has 0 aromatic carbocycles. The molecule has 1 amide bonds. The van der Waals surface area contributed by atoms with Gasteiger partial charge in [-0.25, -0.2) is 0 Å². The summed E-state index contributed by atoms with van der Waals surface area (Å²) in [6.45, 7) is 0. The first-order chi connectivity index (χ1) is 1.41. The highest BCUT2D eigenvalue weighted by atomic mass is 79.9. The van der Waals surface area contributed by atoms with Crippen molar-refractivity contribution >= 4 is 23.4 Å². The largest absolute Gasteiger partial charge is 0.361 e. The molecule has 0 aliphatic carbocycles. The number of amides is 1. The van der Waals surface area contributed by atoms with Gasteiger partial charge in [-0.3, -0.25) is 4.79 Å². The van der Waals surface area contributed by atoms with Crippen molar-refractivity contribution < 1.29 is 4.79 Å². The Hall–Kier alpha value is -0.0500. The number of rotatable bonds is 0. The van der Waals surface area contributed by atoms with Crippen LogP contribution in [0, 0.1) is 0 Å². The molecule has 0 bridgehead atoms. The Morgan fingerprint density at radius 2 is 1.75 bits per heavy atom. The van der Waals surface area contributed by atoms with Crippen LogP contribution in [0.25, 0.3) is 0 Å². The Morgan fingerprint density at radius 3 is 1.75 bits per heavy atom. The predicted molar refractivity (Wildman–Crippen MR) is 20.2 cm³/mol. The van der Waals surface area contributed by atoms with Crippen molar-refractivity contribution in [3.63, 3.8) is 0 Å². The average molecular weight is 125 g/mol. The van der Waals surface area contributed by atoms with Crippen LogP contribution in [-0.2, 0) is 4.79 Å². The zero-order valence-corrected chi connectivity index (χ0v) is 3.61. The second-order valence-corrected chi connectivity index (χ2v) is 0.118. The fourth-order valence-electron chi connectivity index (χ4n) is 0. The zero-order valence-electron chi connectivity index (χ0n) is 1.89. The summed E-state index contributed by atoms with van der Waals surface area (Å²) in [5.74, 6) is 0. The molecule has 0 atom stereocenters. The normalized spacial score (nSPS) is 3.00. The molecule has 1 radical (unpaired) electrons. The Kier molecular flexibility index (Phi) is 28.1. The molecule has 0 fully saturated rings. The fourth-order valence-corrected chi connectivity index (χ4v) is 0. The van der Waals surface area contributed by atoms with Gasteiger partial charge in [-0.1, -0.05) is 0 Å². The first-order valence-corrected chi connectivity index (χ1v) is 0.493. The van der Waals surface area contributed by atoms with Gasteiger partial charge in [-0.15, -0.1) is 17.0 Å². The molecule has 4 heavy (non-hydrogen) atoms. The van der Waals surface area contributed by atoms with Crippen molar-refractivity contribution in [2.24, 2.45) is 5.73 Å². The van der Waals surface area contributed by atoms with Crippen LogP contribution in [0.4, 0.5) is 0 Å². The second kappa shape index (κ2) is 12.4. The molecule has 25 valence electrons. The average Bonchev–Trinajstić information content (AvgIpc) is 0.918. The molecular formula is CH3BrNO. The van der Waals surface area contributed by atoms with E-state index in [1.807, 2.05) is 0 Å². The number of carbonyl (C=O) groups excluding carboxylic acids is 1. The summed E-state index contributed by atoms with van der Waals surface area (Å²) in [6, 6.07) is 0. The van der Waals surface area contributed by atoms with E-state index in [1.54, 1.807) is 0 Å². The third-order valence-corrected chi connectivity index (χ3v) is 0. The minimum absolute atomic E-state index is 0. The predicted octanol–water partition coefficient (Wildman–Crippen LogP) is -0.410. The molecule has 2 N–H and O–H groups in total. The molecule has 3 heteroatoms. The van der Waals surface area contributed by atoms with Gasteiger partial charge in [0.25, 0.3) is 0 Å². The van der Waals surface area contributed by atoms with Crippen LogP contribution in [0.3, 0.4) is 0 Å². The lowest BCUT2D eigenvalue weighted by atomic mass is 11.5. The first kappa shape index (κ1) is 9.04. The van der Waals surface area contributed by atoms with Crippen molar-refractivity contribution in [1.82, 2.24) is 0 Å². The van der Waals surface area contributed by atoms with Crippen LogP contribution >= 0.6 is 17.0 Å². The van der Waals surface area contributed by atoms with Crippen LogP contribution in [0.1, 0.15) is 0 Å². The lowest BCUT2D eigenvalue weighted by Gasteiger charge is -1.28. The summed E-state index contributed by atoms with van der Waals surface area (Å²) in [4.78, 5) is 8.46. The van der Waals surface area contributed by atoms with Gasteiger partial charge in [0.05, 0.1) is 0 Å². The number of hydrogen-bond acceptors (Lipinski definition) is 1. The minimum Gasteiger partial charge on any atom is -0.361 e. The van der Waals surface area contributed by atoms with Gasteiger partial charge in [0, 0.05) is 0 Å². The van der Waals surface area contributed by atoms with Crippen LogP contribution in [-0.4, -0.2) is 6.41 Å². The molecule has 0 aliphatic rings. The third kappa shape index (κ3) is 704. The van der Waals surface area contributed by atoms with E-state index < -0.39 is 0 Å². The topological polar surface area (TPSA) is 43.1 Å². The second-order valence-electron chi connectivity index (χ2n) is 0.118. The van der Waals surface area contributed by atoms with E-state index >= 15 is 0 Å². The molecule has 2 nitrogen and oxygen atoms in total. The van der Waals surface area contributed by atoms with Gasteiger partial charge < -0.3 is 5.73 Å². The maximum absolute atomic E-state index is 8.46. The highest BCUT2D eigenvalue weighted by Gasteiger charge is 1.25. The highest BCUT2D eigenvalue weighted by molar-refractivity contribution is 8.93. The lowest BCUT2D eigenvalue weighted by Crippen LogP contribution is -1.82. The zero-order chi connectivity index (χ0) is 2.71. The Morgan fingerprint density at radius 1 is 1.75 bits per heavy atom. The minimum atomic E-state index is 0. The summed E-state index contributed by atoms with van der Waals surface area (Å²) in [5.41, 5.74) is 4.04. The lowest BCUT2D eigenvalue weighted by molar-refractivity contribution is 0.557. The van der Waals surface area contributed by atoms with Crippen LogP contribution in [0.5, 0.6) is 0 Å². The van der Waals surface area contributed by atoms with Crippen molar-refractivity contribution in [2.75, 3.05) is 0 Å². The van der Waals surface area contributed by atoms with Gasteiger partial charge in [0.15, 0.2) is 0 Å². The Bertz CT molecular complexity index is 15.5. The number of nitrogens with two attached hydrogens (primary N) is 1. The molecule has 0 unspecified atom stereocenters. The van der Waals surface area contributed by atoms with E-state index in [4.69, 9.17) is 4.79 Å². The summed E-state index contributed by atoms with van der Waals surface area (Å²) >= 11 is 0. The summed E-state index contributed by atoms with van der Waals surface area (Å²) < 4.78 is 0. The molecule has 0 aromatic rings. The van der Waals surface area contributed by atoms with Crippen LogP contribution in [0.2, 0.25) is 0 Å². The van der Waals surface area contributed by atoms with Crippen molar-refractivity contribution in [1.29, 1.82) is 0 Å². The van der Waals surface area contributed by atoms with Crippen molar-refractivity contribution in [2.45, 2.75) is 0 Å². The highest BCUT2D eigenvalue weighted by Crippen LogP contribution is 0.846. The van der Waals surface area contributed by atoms with E-state index in [0.717, 1.165) is 6.41 Å². The van der Waals surface area contributed by atoms with Crippen LogP contribution < -0.4 is 5.73 Å². The van der Waals surface area contributed by atoms with Gasteiger partial charge >= 0.3 is 6.41 Å². The third-order valence-electron chi connectivity index (χ3n) is 0. The SMILES string of the molecule is Br.N[C]=O. The number of halogens is 1. The van der Waals surface area contributed by atoms with E-state index in [0.29, 0.717) is 0 Å². The van der Waals surface area contributed by atoms with E-state index in [-0.39, 0.29) is 17.0 Å². The monoisotopic (exact) mass is 124 g/mol. The maximum atomic E-state index is 8.46. The summed E-state index contributed by atoms with van der Waals surface area (Å²) in [5, 5.41) is 0. The molecule has 0 saturated heterocycles. The van der Waals surface area contributed by atoms with Gasteiger partial charge in [-0.2, -0.15) is 0 Å². The Labute approximate surface area is 34.8 Å². The maximum Gasteiger partial charge on any atom is 0.306 e. The fraction of sp³-hybridized carbons (Fsp3) is 0. The molecule has 0 heterocycles. The van der Waals surface area contributed by atoms with E-state index in [2.05, 4.69) is 5.73 Å². The molecule has 0 aromatic heterocycles. The van der Waals surface area contributed by atoms with Crippen LogP contribution in [0.15, 0.2) is 0 Å². The van der Waals surface area contributed by atoms with Gasteiger partial charge in [0.2, 0.25) is 0 Å². The Balaban J connectivity index is 0.